The molecule has 9 heteroatoms. The molecular weight excluding hydrogens is 433 g/mol. The van der Waals surface area contributed by atoms with Crippen LogP contribution in [0.2, 0.25) is 0 Å². The minimum absolute atomic E-state index is 0.0316. The van der Waals surface area contributed by atoms with E-state index in [-0.39, 0.29) is 13.0 Å². The van der Waals surface area contributed by atoms with Crippen LogP contribution in [0.4, 0.5) is 9.18 Å². The molecule has 1 aliphatic rings. The highest BCUT2D eigenvalue weighted by Crippen LogP contribution is 2.36. The lowest BCUT2D eigenvalue weighted by atomic mass is 10.0. The fraction of sp³-hybridized carbons (Fsp3) is 0.609. The Morgan fingerprint density at radius 1 is 1.31 bits per heavy atom. The SMILES string of the molecule is COc1ccccc1CSC(C)(C)[C@H](NC(=O)OC(C)(C)C)C(=O)N1C[C@@H](F)C[C@H]1C#N. The van der Waals surface area contributed by atoms with Crippen LogP contribution >= 0.6 is 11.8 Å². The Balaban J connectivity index is 2.28. The maximum Gasteiger partial charge on any atom is 0.408 e. The van der Waals surface area contributed by atoms with E-state index in [0.717, 1.165) is 11.3 Å². The van der Waals surface area contributed by atoms with Gasteiger partial charge in [0.25, 0.3) is 0 Å². The minimum Gasteiger partial charge on any atom is -0.496 e. The number of alkyl halides is 1. The van der Waals surface area contributed by atoms with Crippen LogP contribution in [0, 0.1) is 11.3 Å². The maximum atomic E-state index is 14.0. The van der Waals surface area contributed by atoms with E-state index in [1.807, 2.05) is 44.2 Å². The van der Waals surface area contributed by atoms with E-state index in [0.29, 0.717) is 5.75 Å². The molecule has 1 aromatic rings. The number of carbonyl (C=O) groups is 2. The Kier molecular flexibility index (Phi) is 8.41. The highest BCUT2D eigenvalue weighted by atomic mass is 32.2. The molecule has 3 atom stereocenters. The average molecular weight is 466 g/mol. The van der Waals surface area contributed by atoms with Crippen molar-refractivity contribution in [3.8, 4) is 11.8 Å². The number of alkyl carbamates (subject to hydrolysis) is 1. The van der Waals surface area contributed by atoms with E-state index in [1.165, 1.54) is 16.7 Å². The van der Waals surface area contributed by atoms with E-state index >= 15 is 0 Å². The molecule has 0 saturated carbocycles. The van der Waals surface area contributed by atoms with Crippen LogP contribution in [0.3, 0.4) is 0 Å². The number of rotatable bonds is 7. The third-order valence-electron chi connectivity index (χ3n) is 5.08. The van der Waals surface area contributed by atoms with E-state index in [1.54, 1.807) is 27.9 Å². The first-order valence-corrected chi connectivity index (χ1v) is 11.5. The number of nitrogens with one attached hydrogen (secondary N) is 1. The quantitative estimate of drug-likeness (QED) is 0.653. The summed E-state index contributed by atoms with van der Waals surface area (Å²) in [5.74, 6) is 0.743. The number of hydrogen-bond donors (Lipinski definition) is 1. The van der Waals surface area contributed by atoms with Gasteiger partial charge in [-0.15, -0.1) is 11.8 Å². The van der Waals surface area contributed by atoms with Crippen LogP contribution in [0.25, 0.3) is 0 Å². The summed E-state index contributed by atoms with van der Waals surface area (Å²) in [6, 6.07) is 7.66. The monoisotopic (exact) mass is 465 g/mol. The predicted molar refractivity (Wildman–Crippen MR) is 122 cm³/mol. The Morgan fingerprint density at radius 3 is 2.56 bits per heavy atom. The molecule has 1 saturated heterocycles. The molecule has 32 heavy (non-hydrogen) atoms. The van der Waals surface area contributed by atoms with Crippen LogP contribution in [0.1, 0.15) is 46.6 Å². The van der Waals surface area contributed by atoms with Gasteiger partial charge >= 0.3 is 6.09 Å². The fourth-order valence-corrected chi connectivity index (χ4v) is 4.54. The summed E-state index contributed by atoms with van der Waals surface area (Å²) in [4.78, 5) is 27.2. The van der Waals surface area contributed by atoms with Crippen molar-refractivity contribution in [1.29, 1.82) is 5.26 Å². The Morgan fingerprint density at radius 2 is 1.97 bits per heavy atom. The number of hydrogen-bond acceptors (Lipinski definition) is 6. The molecule has 0 radical (unpaired) electrons. The van der Waals surface area contributed by atoms with Gasteiger partial charge in [0, 0.05) is 22.5 Å². The molecular formula is C23H32FN3O4S. The summed E-state index contributed by atoms with van der Waals surface area (Å²) in [6.07, 6.45) is -2.04. The molecule has 0 spiro atoms. The molecule has 1 heterocycles. The molecule has 7 nitrogen and oxygen atoms in total. The highest BCUT2D eigenvalue weighted by Gasteiger charge is 2.45. The van der Waals surface area contributed by atoms with Crippen LogP contribution in [-0.2, 0) is 15.3 Å². The zero-order valence-corrected chi connectivity index (χ0v) is 20.3. The van der Waals surface area contributed by atoms with Gasteiger partial charge in [-0.1, -0.05) is 18.2 Å². The number of nitrogens with zero attached hydrogens (tertiary/aromatic N) is 2. The van der Waals surface area contributed by atoms with Crippen LogP contribution in [0.5, 0.6) is 5.75 Å². The smallest absolute Gasteiger partial charge is 0.408 e. The van der Waals surface area contributed by atoms with Gasteiger partial charge < -0.3 is 19.7 Å². The van der Waals surface area contributed by atoms with Crippen molar-refractivity contribution in [3.63, 3.8) is 0 Å². The number of benzene rings is 1. The van der Waals surface area contributed by atoms with Gasteiger partial charge in [-0.05, 0) is 40.7 Å². The number of nitriles is 1. The molecule has 0 bridgehead atoms. The zero-order valence-electron chi connectivity index (χ0n) is 19.5. The fourth-order valence-electron chi connectivity index (χ4n) is 3.44. The lowest BCUT2D eigenvalue weighted by Gasteiger charge is -2.37. The molecule has 0 aliphatic carbocycles. The summed E-state index contributed by atoms with van der Waals surface area (Å²) in [7, 11) is 1.59. The normalized spacial score (nSPS) is 19.8. The second-order valence-corrected chi connectivity index (χ2v) is 10.9. The number of carbonyl (C=O) groups excluding carboxylic acids is 2. The van der Waals surface area contributed by atoms with Crippen molar-refractivity contribution >= 4 is 23.8 Å². The van der Waals surface area contributed by atoms with Gasteiger partial charge in [0.2, 0.25) is 5.91 Å². The van der Waals surface area contributed by atoms with E-state index in [4.69, 9.17) is 9.47 Å². The van der Waals surface area contributed by atoms with Gasteiger partial charge in [0.05, 0.1) is 19.7 Å². The highest BCUT2D eigenvalue weighted by molar-refractivity contribution is 7.99. The molecule has 1 fully saturated rings. The van der Waals surface area contributed by atoms with E-state index < -0.39 is 40.6 Å². The van der Waals surface area contributed by atoms with Crippen LogP contribution in [0.15, 0.2) is 24.3 Å². The van der Waals surface area contributed by atoms with E-state index in [2.05, 4.69) is 5.32 Å². The molecule has 0 aromatic heterocycles. The van der Waals surface area contributed by atoms with Crippen molar-refractivity contribution in [2.24, 2.45) is 0 Å². The molecule has 1 aliphatic heterocycles. The Bertz CT molecular complexity index is 866. The molecule has 2 amide bonds. The van der Waals surface area contributed by atoms with Gasteiger partial charge in [0.15, 0.2) is 0 Å². The molecule has 176 valence electrons. The first-order valence-electron chi connectivity index (χ1n) is 10.5. The molecule has 1 N–H and O–H groups in total. The number of ether oxygens (including phenoxy) is 2. The van der Waals surface area contributed by atoms with Gasteiger partial charge in [-0.3, -0.25) is 4.79 Å². The van der Waals surface area contributed by atoms with Crippen molar-refractivity contribution in [3.05, 3.63) is 29.8 Å². The molecule has 0 unspecified atom stereocenters. The number of thioether (sulfide) groups is 1. The second-order valence-electron chi connectivity index (χ2n) is 9.25. The van der Waals surface area contributed by atoms with E-state index in [9.17, 15) is 19.2 Å². The zero-order chi connectivity index (χ0) is 24.1. The number of halogens is 1. The summed E-state index contributed by atoms with van der Waals surface area (Å²) in [6.45, 7) is 8.67. The topological polar surface area (TPSA) is 91.7 Å². The molecule has 2 rings (SSSR count). The maximum absolute atomic E-state index is 14.0. The molecule has 1 aromatic carbocycles. The van der Waals surface area contributed by atoms with Crippen molar-refractivity contribution in [2.75, 3.05) is 13.7 Å². The first-order chi connectivity index (χ1) is 14.9. The van der Waals surface area contributed by atoms with Crippen molar-refractivity contribution in [2.45, 2.75) is 75.4 Å². The number of amides is 2. The largest absolute Gasteiger partial charge is 0.496 e. The average Bonchev–Trinajstić information content (AvgIpc) is 3.09. The third-order valence-corrected chi connectivity index (χ3v) is 6.51. The van der Waals surface area contributed by atoms with Crippen LogP contribution < -0.4 is 10.1 Å². The summed E-state index contributed by atoms with van der Waals surface area (Å²) < 4.78 is 24.0. The predicted octanol–water partition coefficient (Wildman–Crippen LogP) is 4.06. The summed E-state index contributed by atoms with van der Waals surface area (Å²) >= 11 is 1.45. The van der Waals surface area contributed by atoms with Crippen molar-refractivity contribution < 1.29 is 23.5 Å². The van der Waals surface area contributed by atoms with Gasteiger partial charge in [-0.2, -0.15) is 5.26 Å². The Hall–Kier alpha value is -2.47. The Labute approximate surface area is 193 Å². The first kappa shape index (κ1) is 25.8. The summed E-state index contributed by atoms with van der Waals surface area (Å²) in [5, 5.41) is 12.1. The number of methoxy groups -OCH3 is 1. The van der Waals surface area contributed by atoms with Gasteiger partial charge in [0.1, 0.15) is 29.6 Å². The standard InChI is InChI=1S/C23H32FN3O4S/c1-22(2,3)31-21(29)26-19(20(28)27-13-16(24)11-17(27)12-25)23(4,5)32-14-15-9-7-8-10-18(15)30-6/h7-10,16-17,19H,11,13-14H2,1-6H3,(H,26,29)/t16-,17-,19+/m0/s1. The van der Waals surface area contributed by atoms with Gasteiger partial charge in [-0.25, -0.2) is 9.18 Å². The lowest BCUT2D eigenvalue weighted by molar-refractivity contribution is -0.134. The second kappa shape index (κ2) is 10.4. The van der Waals surface area contributed by atoms with Crippen LogP contribution in [-0.4, -0.2) is 59.2 Å². The van der Waals surface area contributed by atoms with Crippen molar-refractivity contribution in [1.82, 2.24) is 10.2 Å². The number of likely N-dealkylation sites (tertiary alicyclic amines) is 1. The minimum atomic E-state index is -1.27. The number of para-hydroxylation sites is 1. The third kappa shape index (κ3) is 6.76. The lowest BCUT2D eigenvalue weighted by Crippen LogP contribution is -2.58. The summed E-state index contributed by atoms with van der Waals surface area (Å²) in [5.41, 5.74) is 0.190.